The number of hydrogen-bond acceptors (Lipinski definition) is 4. The number of nitrogens with zero attached hydrogens (tertiary/aromatic N) is 1. The minimum absolute atomic E-state index is 0.255. The van der Waals surface area contributed by atoms with Gasteiger partial charge < -0.3 is 14.0 Å². The van der Waals surface area contributed by atoms with Gasteiger partial charge in [-0.15, -0.1) is 0 Å². The number of anilines is 1. The molecule has 0 aliphatic carbocycles. The van der Waals surface area contributed by atoms with Gasteiger partial charge in [0.1, 0.15) is 5.69 Å². The van der Waals surface area contributed by atoms with E-state index in [9.17, 15) is 4.79 Å². The van der Waals surface area contributed by atoms with Crippen LogP contribution in [0.25, 0.3) is 10.9 Å². The van der Waals surface area contributed by atoms with Crippen LogP contribution in [-0.4, -0.2) is 23.4 Å². The van der Waals surface area contributed by atoms with Gasteiger partial charge in [-0.3, -0.25) is 0 Å². The molecule has 5 heteroatoms. The summed E-state index contributed by atoms with van der Waals surface area (Å²) in [4.78, 5) is 12.3. The number of aromatic nitrogens is 1. The molecule has 1 aliphatic rings. The van der Waals surface area contributed by atoms with Crippen LogP contribution in [0.4, 0.5) is 5.69 Å². The first kappa shape index (κ1) is 15.3. The maximum absolute atomic E-state index is 12.3. The number of ether oxygens (including phenoxy) is 1. The van der Waals surface area contributed by atoms with Crippen LogP contribution < -0.4 is 4.72 Å². The number of esters is 1. The number of hydrogen-bond donors (Lipinski definition) is 1. The second-order valence-corrected chi connectivity index (χ2v) is 6.48. The van der Waals surface area contributed by atoms with Gasteiger partial charge in [0.15, 0.2) is 0 Å². The number of nitrogens with one attached hydrogen (secondary N) is 1. The molecule has 0 saturated carbocycles. The van der Waals surface area contributed by atoms with Crippen molar-refractivity contribution in [3.05, 3.63) is 29.5 Å². The van der Waals surface area contributed by atoms with Crippen LogP contribution in [0.1, 0.15) is 48.8 Å². The molecule has 22 heavy (non-hydrogen) atoms. The van der Waals surface area contributed by atoms with Gasteiger partial charge in [0, 0.05) is 17.2 Å². The summed E-state index contributed by atoms with van der Waals surface area (Å²) in [6, 6.07) is 6.61. The minimum atomic E-state index is -0.255. The molecule has 1 atom stereocenters. The Hall–Kier alpha value is -1.62. The lowest BCUT2D eigenvalue weighted by Gasteiger charge is -2.18. The van der Waals surface area contributed by atoms with Crippen molar-refractivity contribution in [2.45, 2.75) is 39.2 Å². The van der Waals surface area contributed by atoms with Crippen LogP contribution in [0.2, 0.25) is 0 Å². The molecule has 1 N–H and O–H groups in total. The zero-order chi connectivity index (χ0) is 15.7. The van der Waals surface area contributed by atoms with Crippen LogP contribution in [0, 0.1) is 0 Å². The van der Waals surface area contributed by atoms with E-state index in [2.05, 4.69) is 35.3 Å². The molecule has 118 valence electrons. The van der Waals surface area contributed by atoms with Crippen LogP contribution in [0.15, 0.2) is 18.2 Å². The molecule has 2 aromatic rings. The first-order valence-electron chi connectivity index (χ1n) is 7.84. The summed E-state index contributed by atoms with van der Waals surface area (Å²) >= 11 is 1.71. The van der Waals surface area contributed by atoms with Crippen molar-refractivity contribution in [2.24, 2.45) is 0 Å². The molecule has 0 saturated heterocycles. The van der Waals surface area contributed by atoms with Gasteiger partial charge in [-0.2, -0.15) is 0 Å². The van der Waals surface area contributed by atoms with Gasteiger partial charge in [-0.05, 0) is 30.5 Å². The zero-order valence-corrected chi connectivity index (χ0v) is 14.1. The summed E-state index contributed by atoms with van der Waals surface area (Å²) < 4.78 is 10.6. The summed E-state index contributed by atoms with van der Waals surface area (Å²) in [5.74, 6) is 0.678. The fourth-order valence-corrected chi connectivity index (χ4v) is 4.18. The van der Waals surface area contributed by atoms with Gasteiger partial charge in [-0.25, -0.2) is 4.79 Å². The molecule has 1 unspecified atom stereocenters. The summed E-state index contributed by atoms with van der Waals surface area (Å²) in [6.07, 6.45) is 3.10. The molecule has 4 nitrogen and oxygen atoms in total. The third kappa shape index (κ3) is 2.37. The number of carbonyl (C=O) groups excluding carboxylic acids is 1. The number of carbonyl (C=O) groups is 1. The molecule has 2 heterocycles. The van der Waals surface area contributed by atoms with E-state index in [0.29, 0.717) is 11.7 Å². The summed E-state index contributed by atoms with van der Waals surface area (Å²) in [5, 5.41) is 1.17. The van der Waals surface area contributed by atoms with Crippen LogP contribution in [-0.2, 0) is 11.2 Å². The standard InChI is InChI=1S/C17H22N2O2S/c1-4-6-11-7-8-14-16-13(11)9-15(17(20)21-3)19(16)12(5-2)10-22-18-14/h7-9,12,18H,4-6,10H2,1-3H3. The Kier molecular flexibility index (Phi) is 4.34. The van der Waals surface area contributed by atoms with E-state index in [1.807, 2.05) is 6.07 Å². The molecular formula is C17H22N2O2S. The van der Waals surface area contributed by atoms with E-state index in [1.54, 1.807) is 11.9 Å². The molecule has 1 aromatic heterocycles. The second kappa shape index (κ2) is 6.24. The molecule has 0 spiro atoms. The zero-order valence-electron chi connectivity index (χ0n) is 13.3. The maximum atomic E-state index is 12.3. The quantitative estimate of drug-likeness (QED) is 0.670. The average molecular weight is 318 g/mol. The molecule has 0 radical (unpaired) electrons. The topological polar surface area (TPSA) is 43.3 Å². The van der Waals surface area contributed by atoms with Crippen molar-refractivity contribution >= 4 is 34.5 Å². The first-order chi connectivity index (χ1) is 10.7. The van der Waals surface area contributed by atoms with Crippen molar-refractivity contribution in [1.29, 1.82) is 0 Å². The fourth-order valence-electron chi connectivity index (χ4n) is 3.20. The molecule has 0 amide bonds. The van der Waals surface area contributed by atoms with Gasteiger partial charge >= 0.3 is 5.97 Å². The second-order valence-electron chi connectivity index (χ2n) is 5.65. The molecule has 0 fully saturated rings. The summed E-state index contributed by atoms with van der Waals surface area (Å²) in [5.41, 5.74) is 4.20. The lowest BCUT2D eigenvalue weighted by atomic mass is 10.0. The third-order valence-corrected chi connectivity index (χ3v) is 5.21. The Bertz CT molecular complexity index is 708. The minimum Gasteiger partial charge on any atom is -0.464 e. The fraction of sp³-hybridized carbons (Fsp3) is 0.471. The van der Waals surface area contributed by atoms with E-state index in [0.717, 1.165) is 36.2 Å². The van der Waals surface area contributed by atoms with Gasteiger partial charge in [0.2, 0.25) is 0 Å². The third-order valence-electron chi connectivity index (χ3n) is 4.30. The number of aryl methyl sites for hydroxylation is 1. The molecule has 3 rings (SSSR count). The number of rotatable bonds is 4. The Morgan fingerprint density at radius 2 is 2.27 bits per heavy atom. The van der Waals surface area contributed by atoms with Gasteiger partial charge in [0.25, 0.3) is 0 Å². The van der Waals surface area contributed by atoms with Crippen molar-refractivity contribution < 1.29 is 9.53 Å². The molecule has 1 aliphatic heterocycles. The molecule has 0 bridgehead atoms. The highest BCUT2D eigenvalue weighted by Gasteiger charge is 2.26. The highest BCUT2D eigenvalue weighted by Crippen LogP contribution is 2.39. The first-order valence-corrected chi connectivity index (χ1v) is 8.82. The summed E-state index contributed by atoms with van der Waals surface area (Å²) in [7, 11) is 1.45. The monoisotopic (exact) mass is 318 g/mol. The van der Waals surface area contributed by atoms with E-state index in [1.165, 1.54) is 18.1 Å². The highest BCUT2D eigenvalue weighted by atomic mass is 32.2. The largest absolute Gasteiger partial charge is 0.464 e. The van der Waals surface area contributed by atoms with Crippen LogP contribution in [0.3, 0.4) is 0 Å². The lowest BCUT2D eigenvalue weighted by molar-refractivity contribution is 0.0587. The van der Waals surface area contributed by atoms with E-state index in [-0.39, 0.29) is 5.97 Å². The number of methoxy groups -OCH3 is 1. The Balaban J connectivity index is 2.33. The number of benzene rings is 1. The van der Waals surface area contributed by atoms with Gasteiger partial charge in [-0.1, -0.05) is 38.3 Å². The lowest BCUT2D eigenvalue weighted by Crippen LogP contribution is -2.16. The normalized spacial score (nSPS) is 17.1. The smallest absolute Gasteiger partial charge is 0.354 e. The van der Waals surface area contributed by atoms with E-state index < -0.39 is 0 Å². The van der Waals surface area contributed by atoms with E-state index in [4.69, 9.17) is 4.74 Å². The Morgan fingerprint density at radius 1 is 1.45 bits per heavy atom. The highest BCUT2D eigenvalue weighted by molar-refractivity contribution is 8.00. The van der Waals surface area contributed by atoms with Crippen molar-refractivity contribution in [1.82, 2.24) is 4.57 Å². The van der Waals surface area contributed by atoms with Gasteiger partial charge in [0.05, 0.1) is 18.3 Å². The Labute approximate surface area is 135 Å². The van der Waals surface area contributed by atoms with E-state index >= 15 is 0 Å². The predicted molar refractivity (Wildman–Crippen MR) is 92.7 cm³/mol. The Morgan fingerprint density at radius 3 is 2.95 bits per heavy atom. The summed E-state index contributed by atoms with van der Waals surface area (Å²) in [6.45, 7) is 4.35. The SMILES string of the molecule is CCCc1ccc2c3c1cc(C(=O)OC)n3C(CC)CSN2. The van der Waals surface area contributed by atoms with Crippen molar-refractivity contribution in [2.75, 3.05) is 17.6 Å². The average Bonchev–Trinajstić information content (AvgIpc) is 2.83. The van der Waals surface area contributed by atoms with Crippen LogP contribution >= 0.6 is 11.9 Å². The van der Waals surface area contributed by atoms with Crippen LogP contribution in [0.5, 0.6) is 0 Å². The molecule has 1 aromatic carbocycles. The predicted octanol–water partition coefficient (Wildman–Crippen LogP) is 4.41. The van der Waals surface area contributed by atoms with Crippen molar-refractivity contribution in [3.63, 3.8) is 0 Å². The molecular weight excluding hydrogens is 296 g/mol. The maximum Gasteiger partial charge on any atom is 0.354 e. The van der Waals surface area contributed by atoms with Crippen molar-refractivity contribution in [3.8, 4) is 0 Å².